The second kappa shape index (κ2) is 8.19. The van der Waals surface area contributed by atoms with E-state index in [9.17, 15) is 4.79 Å². The Morgan fingerprint density at radius 2 is 2.14 bits per heavy atom. The molecular weight excluding hydrogens is 280 g/mol. The molecule has 1 aromatic heterocycles. The molecule has 1 heterocycles. The number of aliphatic hydroxyl groups excluding tert-OH is 1. The summed E-state index contributed by atoms with van der Waals surface area (Å²) in [5.74, 6) is 0. The Balaban J connectivity index is 1.76. The molecule has 3 N–H and O–H groups in total. The third-order valence-electron chi connectivity index (χ3n) is 3.30. The molecule has 0 fully saturated rings. The lowest BCUT2D eigenvalue weighted by molar-refractivity contribution is 0.231. The molecule has 22 heavy (non-hydrogen) atoms. The number of amides is 2. The van der Waals surface area contributed by atoms with Gasteiger partial charge in [-0.1, -0.05) is 18.2 Å². The minimum Gasteiger partial charge on any atom is -0.396 e. The van der Waals surface area contributed by atoms with Crippen molar-refractivity contribution in [3.63, 3.8) is 0 Å². The van der Waals surface area contributed by atoms with Gasteiger partial charge in [0.15, 0.2) is 0 Å². The predicted molar refractivity (Wildman–Crippen MR) is 85.0 cm³/mol. The van der Waals surface area contributed by atoms with E-state index in [1.807, 2.05) is 48.1 Å². The van der Waals surface area contributed by atoms with E-state index in [4.69, 9.17) is 5.11 Å². The zero-order valence-electron chi connectivity index (χ0n) is 12.7. The van der Waals surface area contributed by atoms with Gasteiger partial charge in [-0.15, -0.1) is 0 Å². The summed E-state index contributed by atoms with van der Waals surface area (Å²) < 4.78 is 1.82. The number of urea groups is 1. The van der Waals surface area contributed by atoms with Gasteiger partial charge in [0, 0.05) is 25.4 Å². The Morgan fingerprint density at radius 3 is 2.86 bits per heavy atom. The number of nitrogens with one attached hydrogen (secondary N) is 2. The number of hydrogen-bond donors (Lipinski definition) is 3. The normalized spacial score (nSPS) is 11.9. The van der Waals surface area contributed by atoms with Crippen LogP contribution in [0.2, 0.25) is 0 Å². The van der Waals surface area contributed by atoms with E-state index >= 15 is 0 Å². The fourth-order valence-corrected chi connectivity index (χ4v) is 2.07. The second-order valence-corrected chi connectivity index (χ2v) is 5.19. The summed E-state index contributed by atoms with van der Waals surface area (Å²) in [7, 11) is 0. The minimum absolute atomic E-state index is 0.0363. The first-order chi connectivity index (χ1) is 10.7. The molecule has 2 amide bonds. The van der Waals surface area contributed by atoms with Gasteiger partial charge in [-0.3, -0.25) is 0 Å². The second-order valence-electron chi connectivity index (χ2n) is 5.19. The molecule has 118 valence electrons. The number of carbonyl (C=O) groups is 1. The third-order valence-corrected chi connectivity index (χ3v) is 3.30. The summed E-state index contributed by atoms with van der Waals surface area (Å²) in [5.41, 5.74) is 2.07. The number of carbonyl (C=O) groups excluding carboxylic acids is 1. The highest BCUT2D eigenvalue weighted by Crippen LogP contribution is 2.07. The predicted octanol–water partition coefficient (Wildman–Crippen LogP) is 1.48. The molecule has 0 saturated carbocycles. The molecule has 0 unspecified atom stereocenters. The molecule has 0 aliphatic heterocycles. The van der Waals surface area contributed by atoms with E-state index in [0.29, 0.717) is 19.4 Å². The molecule has 0 bridgehead atoms. The van der Waals surface area contributed by atoms with E-state index in [0.717, 1.165) is 11.3 Å². The summed E-state index contributed by atoms with van der Waals surface area (Å²) in [4.78, 5) is 11.6. The Bertz CT molecular complexity index is 583. The third kappa shape index (κ3) is 4.89. The molecule has 0 saturated heterocycles. The lowest BCUT2D eigenvalue weighted by atomic mass is 10.2. The average Bonchev–Trinajstić information content (AvgIpc) is 2.97. The van der Waals surface area contributed by atoms with Crippen LogP contribution in [0.4, 0.5) is 4.79 Å². The highest BCUT2D eigenvalue weighted by molar-refractivity contribution is 5.74. The first-order valence-corrected chi connectivity index (χ1v) is 7.43. The molecule has 6 heteroatoms. The van der Waals surface area contributed by atoms with Gasteiger partial charge in [0.1, 0.15) is 0 Å². The van der Waals surface area contributed by atoms with Crippen molar-refractivity contribution in [1.82, 2.24) is 20.4 Å². The molecule has 1 aromatic carbocycles. The van der Waals surface area contributed by atoms with Crippen molar-refractivity contribution in [3.8, 4) is 5.69 Å². The zero-order chi connectivity index (χ0) is 15.8. The highest BCUT2D eigenvalue weighted by Gasteiger charge is 2.06. The number of aromatic nitrogens is 2. The number of aliphatic hydroxyl groups is 1. The van der Waals surface area contributed by atoms with Gasteiger partial charge >= 0.3 is 6.03 Å². The lowest BCUT2D eigenvalue weighted by Crippen LogP contribution is -2.41. The fourth-order valence-electron chi connectivity index (χ4n) is 2.07. The Morgan fingerprint density at radius 1 is 1.36 bits per heavy atom. The van der Waals surface area contributed by atoms with Crippen LogP contribution in [0.15, 0.2) is 42.7 Å². The van der Waals surface area contributed by atoms with Crippen LogP contribution in [-0.4, -0.2) is 40.1 Å². The van der Waals surface area contributed by atoms with Crippen molar-refractivity contribution in [3.05, 3.63) is 48.3 Å². The summed E-state index contributed by atoms with van der Waals surface area (Å²) >= 11 is 0. The van der Waals surface area contributed by atoms with Gasteiger partial charge in [0.25, 0.3) is 0 Å². The summed E-state index contributed by atoms with van der Waals surface area (Å²) in [6.07, 6.45) is 5.04. The quantitative estimate of drug-likeness (QED) is 0.725. The molecule has 1 atom stereocenters. The van der Waals surface area contributed by atoms with Gasteiger partial charge in [0.2, 0.25) is 0 Å². The van der Waals surface area contributed by atoms with Crippen molar-refractivity contribution >= 4 is 6.03 Å². The van der Waals surface area contributed by atoms with Crippen LogP contribution in [0, 0.1) is 0 Å². The minimum atomic E-state index is -0.212. The van der Waals surface area contributed by atoms with Gasteiger partial charge < -0.3 is 15.7 Å². The maximum Gasteiger partial charge on any atom is 0.315 e. The van der Waals surface area contributed by atoms with Crippen LogP contribution in [0.1, 0.15) is 18.9 Å². The number of hydrogen-bond acceptors (Lipinski definition) is 3. The van der Waals surface area contributed by atoms with E-state index in [-0.39, 0.29) is 18.7 Å². The van der Waals surface area contributed by atoms with Crippen LogP contribution < -0.4 is 10.6 Å². The molecule has 0 aliphatic carbocycles. The van der Waals surface area contributed by atoms with E-state index in [1.54, 1.807) is 6.20 Å². The number of rotatable bonds is 7. The van der Waals surface area contributed by atoms with Crippen LogP contribution in [-0.2, 0) is 6.42 Å². The molecule has 0 spiro atoms. The van der Waals surface area contributed by atoms with Crippen molar-refractivity contribution in [2.24, 2.45) is 0 Å². The smallest absolute Gasteiger partial charge is 0.315 e. The molecule has 6 nitrogen and oxygen atoms in total. The van der Waals surface area contributed by atoms with E-state index in [1.165, 1.54) is 0 Å². The largest absolute Gasteiger partial charge is 0.396 e. The number of benzene rings is 1. The SMILES string of the molecule is C[C@H](CCO)NC(=O)NCCc1cnn(-c2ccccc2)c1. The van der Waals surface area contributed by atoms with Crippen LogP contribution in [0.5, 0.6) is 0 Å². The molecule has 0 radical (unpaired) electrons. The van der Waals surface area contributed by atoms with Crippen molar-refractivity contribution in [1.29, 1.82) is 0 Å². The van der Waals surface area contributed by atoms with Crippen LogP contribution >= 0.6 is 0 Å². The summed E-state index contributed by atoms with van der Waals surface area (Å²) in [6, 6.07) is 9.64. The first kappa shape index (κ1) is 16.0. The Labute approximate surface area is 130 Å². The van der Waals surface area contributed by atoms with E-state index in [2.05, 4.69) is 15.7 Å². The van der Waals surface area contributed by atoms with Gasteiger partial charge in [0.05, 0.1) is 11.9 Å². The van der Waals surface area contributed by atoms with Gasteiger partial charge in [-0.2, -0.15) is 5.10 Å². The van der Waals surface area contributed by atoms with E-state index < -0.39 is 0 Å². The van der Waals surface area contributed by atoms with Crippen molar-refractivity contribution < 1.29 is 9.90 Å². The van der Waals surface area contributed by atoms with Crippen LogP contribution in [0.25, 0.3) is 5.69 Å². The molecular formula is C16H22N4O2. The number of para-hydroxylation sites is 1. The molecule has 2 rings (SSSR count). The Kier molecular flexibility index (Phi) is 5.97. The fraction of sp³-hybridized carbons (Fsp3) is 0.375. The van der Waals surface area contributed by atoms with Crippen molar-refractivity contribution in [2.45, 2.75) is 25.8 Å². The van der Waals surface area contributed by atoms with Crippen LogP contribution in [0.3, 0.4) is 0 Å². The maximum absolute atomic E-state index is 11.6. The maximum atomic E-state index is 11.6. The summed E-state index contributed by atoms with van der Waals surface area (Å²) in [5, 5.41) is 18.7. The lowest BCUT2D eigenvalue weighted by Gasteiger charge is -2.12. The molecule has 0 aliphatic rings. The molecule has 2 aromatic rings. The standard InChI is InChI=1S/C16H22N4O2/c1-13(8-10-21)19-16(22)17-9-7-14-11-18-20(12-14)15-5-3-2-4-6-15/h2-6,11-13,21H,7-10H2,1H3,(H2,17,19,22)/t13-/m1/s1. The first-order valence-electron chi connectivity index (χ1n) is 7.43. The van der Waals surface area contributed by atoms with Gasteiger partial charge in [-0.25, -0.2) is 9.48 Å². The average molecular weight is 302 g/mol. The number of nitrogens with zero attached hydrogens (tertiary/aromatic N) is 2. The summed E-state index contributed by atoms with van der Waals surface area (Å²) in [6.45, 7) is 2.47. The highest BCUT2D eigenvalue weighted by atomic mass is 16.3. The Hall–Kier alpha value is -2.34. The monoisotopic (exact) mass is 302 g/mol. The topological polar surface area (TPSA) is 79.2 Å². The zero-order valence-corrected chi connectivity index (χ0v) is 12.7. The van der Waals surface area contributed by atoms with Crippen molar-refractivity contribution in [2.75, 3.05) is 13.2 Å². The van der Waals surface area contributed by atoms with Gasteiger partial charge in [-0.05, 0) is 37.5 Å².